The first kappa shape index (κ1) is 20.8. The molecular formula is C24H23N2O4S+. The molecule has 0 radical (unpaired) electrons. The number of aryl methyl sites for hydroxylation is 1. The molecule has 1 heterocycles. The number of aromatic nitrogens is 1. The number of hydrogen-bond acceptors (Lipinski definition) is 4. The number of rotatable bonds is 8. The lowest BCUT2D eigenvalue weighted by Crippen LogP contribution is -2.36. The highest BCUT2D eigenvalue weighted by molar-refractivity contribution is 7.85. The van der Waals surface area contributed by atoms with Gasteiger partial charge in [-0.15, -0.1) is 0 Å². The van der Waals surface area contributed by atoms with Gasteiger partial charge in [0.25, 0.3) is 15.6 Å². The van der Waals surface area contributed by atoms with Crippen molar-refractivity contribution in [3.05, 3.63) is 91.0 Å². The van der Waals surface area contributed by atoms with Crippen LogP contribution in [0, 0.1) is 0 Å². The normalized spacial score (nSPS) is 11.9. The first-order valence-corrected chi connectivity index (χ1v) is 11.6. The number of para-hydroxylation sites is 1. The topological polar surface area (TPSA) is 83.4 Å². The number of hydrogen-bond donors (Lipinski definition) is 2. The van der Waals surface area contributed by atoms with Crippen LogP contribution in [0.2, 0.25) is 0 Å². The van der Waals surface area contributed by atoms with E-state index in [9.17, 15) is 8.42 Å². The molecule has 0 amide bonds. The second-order valence-electron chi connectivity index (χ2n) is 7.12. The van der Waals surface area contributed by atoms with Crippen LogP contribution < -0.4 is 9.88 Å². The highest BCUT2D eigenvalue weighted by Gasteiger charge is 2.22. The molecular weight excluding hydrogens is 412 g/mol. The van der Waals surface area contributed by atoms with Crippen molar-refractivity contribution in [2.75, 3.05) is 11.1 Å². The maximum absolute atomic E-state index is 11.2. The third-order valence-corrected chi connectivity index (χ3v) is 5.68. The van der Waals surface area contributed by atoms with Gasteiger partial charge in [-0.3, -0.25) is 4.55 Å². The van der Waals surface area contributed by atoms with Crippen molar-refractivity contribution in [2.24, 2.45) is 0 Å². The van der Waals surface area contributed by atoms with Crippen LogP contribution in [0.25, 0.3) is 28.3 Å². The molecule has 0 saturated heterocycles. The zero-order valence-electron chi connectivity index (χ0n) is 16.8. The summed E-state index contributed by atoms with van der Waals surface area (Å²) in [5, 5.41) is 3.19. The fourth-order valence-corrected chi connectivity index (χ4v) is 3.91. The lowest BCUT2D eigenvalue weighted by atomic mass is 10.1. The molecule has 0 aliphatic carbocycles. The van der Waals surface area contributed by atoms with Crippen molar-refractivity contribution in [2.45, 2.75) is 13.0 Å². The van der Waals surface area contributed by atoms with Gasteiger partial charge in [0.2, 0.25) is 5.58 Å². The number of nitrogens with zero attached hydrogens (tertiary/aromatic N) is 1. The van der Waals surface area contributed by atoms with Gasteiger partial charge in [-0.25, -0.2) is 0 Å². The Balaban J connectivity index is 1.68. The summed E-state index contributed by atoms with van der Waals surface area (Å²) in [6, 6.07) is 25.7. The average molecular weight is 436 g/mol. The van der Waals surface area contributed by atoms with Crippen LogP contribution in [0.1, 0.15) is 12.3 Å². The summed E-state index contributed by atoms with van der Waals surface area (Å²) in [4.78, 5) is 0. The van der Waals surface area contributed by atoms with Crippen molar-refractivity contribution in [1.29, 1.82) is 0 Å². The molecule has 0 bridgehead atoms. The van der Waals surface area contributed by atoms with E-state index in [4.69, 9.17) is 8.97 Å². The maximum Gasteiger partial charge on any atom is 0.375 e. The third kappa shape index (κ3) is 5.39. The van der Waals surface area contributed by atoms with Gasteiger partial charge in [0.1, 0.15) is 0 Å². The Morgan fingerprint density at radius 3 is 2.35 bits per heavy atom. The minimum Gasteiger partial charge on any atom is -0.398 e. The van der Waals surface area contributed by atoms with Crippen LogP contribution in [-0.4, -0.2) is 18.7 Å². The van der Waals surface area contributed by atoms with Gasteiger partial charge in [-0.1, -0.05) is 54.6 Å². The molecule has 0 saturated carbocycles. The smallest absolute Gasteiger partial charge is 0.375 e. The van der Waals surface area contributed by atoms with Crippen LogP contribution in [0.15, 0.2) is 89.5 Å². The van der Waals surface area contributed by atoms with E-state index < -0.39 is 10.1 Å². The summed E-state index contributed by atoms with van der Waals surface area (Å²) >= 11 is 0. The molecule has 31 heavy (non-hydrogen) atoms. The van der Waals surface area contributed by atoms with Crippen LogP contribution in [0.3, 0.4) is 0 Å². The molecule has 2 N–H and O–H groups in total. The summed E-state index contributed by atoms with van der Waals surface area (Å²) in [5.41, 5.74) is 4.62. The van der Waals surface area contributed by atoms with E-state index in [1.165, 1.54) is 0 Å². The molecule has 3 aromatic carbocycles. The van der Waals surface area contributed by atoms with E-state index in [2.05, 4.69) is 5.32 Å². The minimum atomic E-state index is -4.02. The van der Waals surface area contributed by atoms with Gasteiger partial charge in [-0.05, 0) is 29.3 Å². The Labute approximate surface area is 181 Å². The molecule has 0 spiro atoms. The van der Waals surface area contributed by atoms with Gasteiger partial charge in [-0.2, -0.15) is 13.0 Å². The SMILES string of the molecule is O=S(=O)(O)CCC[n+]1c(/C=C\Nc2ccccc2)oc2ccc(-c3ccccc3)cc21. The molecule has 4 rings (SSSR count). The van der Waals surface area contributed by atoms with Gasteiger partial charge >= 0.3 is 5.89 Å². The Morgan fingerprint density at radius 1 is 0.935 bits per heavy atom. The lowest BCUT2D eigenvalue weighted by molar-refractivity contribution is -0.677. The summed E-state index contributed by atoms with van der Waals surface area (Å²) < 4.78 is 39.4. The zero-order chi connectivity index (χ0) is 21.7. The second kappa shape index (κ2) is 9.16. The average Bonchev–Trinajstić information content (AvgIpc) is 3.11. The number of nitrogens with one attached hydrogen (secondary N) is 1. The number of anilines is 1. The van der Waals surface area contributed by atoms with Gasteiger partial charge < -0.3 is 9.73 Å². The minimum absolute atomic E-state index is 0.265. The highest BCUT2D eigenvalue weighted by atomic mass is 32.2. The van der Waals surface area contributed by atoms with Gasteiger partial charge in [0.05, 0.1) is 11.8 Å². The van der Waals surface area contributed by atoms with E-state index in [1.807, 2.05) is 89.5 Å². The van der Waals surface area contributed by atoms with Crippen LogP contribution in [-0.2, 0) is 16.7 Å². The molecule has 0 atom stereocenters. The molecule has 6 nitrogen and oxygen atoms in total. The fraction of sp³-hybridized carbons (Fsp3) is 0.125. The van der Waals surface area contributed by atoms with Crippen molar-refractivity contribution in [3.8, 4) is 11.1 Å². The monoisotopic (exact) mass is 435 g/mol. The van der Waals surface area contributed by atoms with E-state index in [0.29, 0.717) is 18.0 Å². The molecule has 0 unspecified atom stereocenters. The first-order valence-electron chi connectivity index (χ1n) is 9.95. The number of benzene rings is 3. The largest absolute Gasteiger partial charge is 0.398 e. The summed E-state index contributed by atoms with van der Waals surface area (Å²) in [7, 11) is -4.02. The molecule has 0 aliphatic rings. The summed E-state index contributed by atoms with van der Waals surface area (Å²) in [6.07, 6.45) is 3.85. The Kier molecular flexibility index (Phi) is 6.16. The number of fused-ring (bicyclic) bond motifs is 1. The molecule has 4 aromatic rings. The van der Waals surface area contributed by atoms with Gasteiger partial charge in [0, 0.05) is 24.4 Å². The predicted octanol–water partition coefficient (Wildman–Crippen LogP) is 4.75. The van der Waals surface area contributed by atoms with E-state index in [0.717, 1.165) is 22.3 Å². The Morgan fingerprint density at radius 2 is 1.65 bits per heavy atom. The molecule has 158 valence electrons. The molecule has 0 fully saturated rings. The van der Waals surface area contributed by atoms with E-state index >= 15 is 0 Å². The molecule has 7 heteroatoms. The maximum atomic E-state index is 11.2. The van der Waals surface area contributed by atoms with Crippen molar-refractivity contribution in [3.63, 3.8) is 0 Å². The first-order chi connectivity index (χ1) is 15.0. The van der Waals surface area contributed by atoms with Crippen molar-refractivity contribution < 1.29 is 22.0 Å². The Hall–Kier alpha value is -3.42. The summed E-state index contributed by atoms with van der Waals surface area (Å²) in [5.74, 6) is 0.273. The molecule has 1 aromatic heterocycles. The standard InChI is InChI=1S/C24H22N2O4S/c27-31(28,29)17-7-16-26-22-18-20(19-8-3-1-4-9-19)12-13-23(22)30-24(26)14-15-25-21-10-5-2-6-11-21/h1-6,8-15,18H,7,16-17H2,(H,27,28,29)/p+1. The lowest BCUT2D eigenvalue weighted by Gasteiger charge is -2.00. The fourth-order valence-electron chi connectivity index (χ4n) is 3.41. The van der Waals surface area contributed by atoms with Crippen LogP contribution >= 0.6 is 0 Å². The summed E-state index contributed by atoms with van der Waals surface area (Å²) in [6.45, 7) is 0.385. The number of oxazole rings is 1. The van der Waals surface area contributed by atoms with Crippen LogP contribution in [0.4, 0.5) is 5.69 Å². The Bertz CT molecular complexity index is 1300. The van der Waals surface area contributed by atoms with Gasteiger partial charge in [0.15, 0.2) is 6.54 Å². The van der Waals surface area contributed by atoms with Crippen molar-refractivity contribution >= 4 is 33.0 Å². The molecule has 0 aliphatic heterocycles. The van der Waals surface area contributed by atoms with E-state index in [1.54, 1.807) is 6.20 Å². The van der Waals surface area contributed by atoms with Crippen LogP contribution in [0.5, 0.6) is 0 Å². The highest BCUT2D eigenvalue weighted by Crippen LogP contribution is 2.24. The zero-order valence-corrected chi connectivity index (χ0v) is 17.6. The quantitative estimate of drug-likeness (QED) is 0.308. The second-order valence-corrected chi connectivity index (χ2v) is 8.70. The van der Waals surface area contributed by atoms with E-state index in [-0.39, 0.29) is 12.2 Å². The predicted molar refractivity (Wildman–Crippen MR) is 122 cm³/mol. The van der Waals surface area contributed by atoms with Crippen molar-refractivity contribution in [1.82, 2.24) is 0 Å². The third-order valence-electron chi connectivity index (χ3n) is 4.87.